The molecule has 0 heterocycles. The highest BCUT2D eigenvalue weighted by molar-refractivity contribution is 5.21. The third-order valence-electron chi connectivity index (χ3n) is 3.60. The second-order valence-electron chi connectivity index (χ2n) is 5.58. The van der Waals surface area contributed by atoms with Crippen LogP contribution >= 0.6 is 0 Å². The molecule has 0 radical (unpaired) electrons. The van der Waals surface area contributed by atoms with Gasteiger partial charge < -0.3 is 9.47 Å². The fourth-order valence-corrected chi connectivity index (χ4v) is 2.59. The average molecular weight is 277 g/mol. The van der Waals surface area contributed by atoms with Crippen LogP contribution in [0.3, 0.4) is 0 Å². The maximum absolute atomic E-state index is 9.63. The molecule has 0 aliphatic heterocycles. The van der Waals surface area contributed by atoms with Gasteiger partial charge in [0.1, 0.15) is 6.07 Å². The molecular weight excluding hydrogens is 250 g/mol. The van der Waals surface area contributed by atoms with Crippen molar-refractivity contribution in [2.24, 2.45) is 0 Å². The molecule has 2 unspecified atom stereocenters. The van der Waals surface area contributed by atoms with E-state index in [1.165, 1.54) is 11.1 Å². The zero-order chi connectivity index (χ0) is 15.0. The monoisotopic (exact) mass is 277 g/mol. The normalized spacial score (nSPS) is 31.4. The molecule has 0 amide bonds. The molecule has 1 aliphatic rings. The van der Waals surface area contributed by atoms with Crippen molar-refractivity contribution in [3.8, 4) is 6.07 Å². The van der Waals surface area contributed by atoms with Gasteiger partial charge >= 0.3 is 0 Å². The van der Waals surface area contributed by atoms with Crippen molar-refractivity contribution in [3.63, 3.8) is 0 Å². The summed E-state index contributed by atoms with van der Waals surface area (Å²) >= 11 is 0. The lowest BCUT2D eigenvalue weighted by atomic mass is 9.91. The molecule has 0 spiro atoms. The fraction of sp³-hybridized carbons (Fsp3) is 0.706. The number of rotatable bonds is 4. The zero-order valence-corrected chi connectivity index (χ0v) is 13.2. The van der Waals surface area contributed by atoms with Gasteiger partial charge in [0.05, 0.1) is 0 Å². The highest BCUT2D eigenvalue weighted by atomic mass is 16.7. The van der Waals surface area contributed by atoms with Crippen molar-refractivity contribution in [1.82, 2.24) is 0 Å². The number of allylic oxidation sites excluding steroid dienone is 3. The molecule has 0 fully saturated rings. The number of hydrogen-bond acceptors (Lipinski definition) is 3. The minimum Gasteiger partial charge on any atom is -0.353 e. The van der Waals surface area contributed by atoms with E-state index in [-0.39, 0.29) is 6.29 Å². The van der Waals surface area contributed by atoms with Gasteiger partial charge in [-0.1, -0.05) is 17.2 Å². The Hall–Kier alpha value is -1.11. The maximum Gasteiger partial charge on any atom is 0.176 e. The van der Waals surface area contributed by atoms with E-state index in [0.29, 0.717) is 13.0 Å². The second kappa shape index (κ2) is 8.24. The molecule has 20 heavy (non-hydrogen) atoms. The minimum absolute atomic E-state index is 0.358. The molecule has 0 N–H and O–H groups in total. The van der Waals surface area contributed by atoms with Gasteiger partial charge in [-0.3, -0.25) is 0 Å². The molecule has 3 nitrogen and oxygen atoms in total. The summed E-state index contributed by atoms with van der Waals surface area (Å²) in [5.74, 6) is 0. The van der Waals surface area contributed by atoms with Crippen molar-refractivity contribution in [3.05, 3.63) is 23.3 Å². The van der Waals surface area contributed by atoms with Crippen LogP contribution in [0.25, 0.3) is 0 Å². The van der Waals surface area contributed by atoms with Crippen LogP contribution in [0.4, 0.5) is 0 Å². The van der Waals surface area contributed by atoms with Gasteiger partial charge in [-0.05, 0) is 65.9 Å². The van der Waals surface area contributed by atoms with E-state index in [2.05, 4.69) is 26.0 Å². The number of nitriles is 1. The SMILES string of the molecule is CCOC(C)OC1(C#N)/C=C(\C)CC/C=C(\C)CCC1. The first kappa shape index (κ1) is 16.9. The van der Waals surface area contributed by atoms with Gasteiger partial charge in [0.25, 0.3) is 0 Å². The molecule has 1 aliphatic carbocycles. The van der Waals surface area contributed by atoms with Gasteiger partial charge in [0, 0.05) is 6.61 Å². The van der Waals surface area contributed by atoms with Gasteiger partial charge in [-0.25, -0.2) is 0 Å². The molecule has 0 saturated carbocycles. The Morgan fingerprint density at radius 1 is 1.35 bits per heavy atom. The first-order valence-corrected chi connectivity index (χ1v) is 7.56. The molecule has 3 heteroatoms. The predicted molar refractivity (Wildman–Crippen MR) is 81.1 cm³/mol. The lowest BCUT2D eigenvalue weighted by Gasteiger charge is -2.28. The first-order chi connectivity index (χ1) is 9.51. The van der Waals surface area contributed by atoms with Crippen LogP contribution in [-0.4, -0.2) is 18.5 Å². The van der Waals surface area contributed by atoms with Gasteiger partial charge in [-0.2, -0.15) is 5.26 Å². The summed E-state index contributed by atoms with van der Waals surface area (Å²) in [5, 5.41) is 9.63. The summed E-state index contributed by atoms with van der Waals surface area (Å²) in [6, 6.07) is 2.37. The summed E-state index contributed by atoms with van der Waals surface area (Å²) in [4.78, 5) is 0. The van der Waals surface area contributed by atoms with Crippen molar-refractivity contribution in [2.45, 2.75) is 71.7 Å². The fourth-order valence-electron chi connectivity index (χ4n) is 2.59. The molecule has 0 saturated heterocycles. The average Bonchev–Trinajstić information content (AvgIpc) is 2.38. The Morgan fingerprint density at radius 2 is 2.10 bits per heavy atom. The Labute approximate surface area is 123 Å². The molecule has 0 aromatic heterocycles. The van der Waals surface area contributed by atoms with Gasteiger partial charge in [0.15, 0.2) is 11.9 Å². The van der Waals surface area contributed by atoms with E-state index in [4.69, 9.17) is 9.47 Å². The van der Waals surface area contributed by atoms with Crippen LogP contribution in [0.5, 0.6) is 0 Å². The van der Waals surface area contributed by atoms with Crippen LogP contribution in [-0.2, 0) is 9.47 Å². The summed E-state index contributed by atoms with van der Waals surface area (Å²) in [6.45, 7) is 8.62. The van der Waals surface area contributed by atoms with E-state index < -0.39 is 5.60 Å². The van der Waals surface area contributed by atoms with Crippen LogP contribution in [0.2, 0.25) is 0 Å². The number of hydrogen-bond donors (Lipinski definition) is 0. The van der Waals surface area contributed by atoms with Crippen molar-refractivity contribution in [1.29, 1.82) is 5.26 Å². The van der Waals surface area contributed by atoms with E-state index in [1.54, 1.807) is 0 Å². The molecule has 0 aromatic carbocycles. The molecule has 0 bridgehead atoms. The minimum atomic E-state index is -0.851. The van der Waals surface area contributed by atoms with E-state index in [0.717, 1.165) is 25.7 Å². The van der Waals surface area contributed by atoms with Crippen LogP contribution < -0.4 is 0 Å². The molecular formula is C17H27NO2. The quantitative estimate of drug-likeness (QED) is 0.561. The van der Waals surface area contributed by atoms with Gasteiger partial charge in [-0.15, -0.1) is 0 Å². The molecule has 1 rings (SSSR count). The lowest BCUT2D eigenvalue weighted by Crippen LogP contribution is -2.34. The first-order valence-electron chi connectivity index (χ1n) is 7.56. The Kier molecular flexibility index (Phi) is 6.98. The highest BCUT2D eigenvalue weighted by Gasteiger charge is 2.31. The highest BCUT2D eigenvalue weighted by Crippen LogP contribution is 2.28. The Morgan fingerprint density at radius 3 is 2.75 bits per heavy atom. The zero-order valence-electron chi connectivity index (χ0n) is 13.2. The standard InChI is InChI=1S/C17H27NO2/c1-5-19-16(4)20-17(13-18)11-7-10-14(2)8-6-9-15(3)12-17/h8,12,16H,5-7,9-11H2,1-4H3/b14-8+,15-12+. The Bertz CT molecular complexity index is 406. The van der Waals surface area contributed by atoms with Crippen LogP contribution in [0.1, 0.15) is 59.8 Å². The molecule has 0 aromatic rings. The van der Waals surface area contributed by atoms with E-state index in [9.17, 15) is 5.26 Å². The summed E-state index contributed by atoms with van der Waals surface area (Å²) in [7, 11) is 0. The number of ether oxygens (including phenoxy) is 2. The smallest absolute Gasteiger partial charge is 0.176 e. The van der Waals surface area contributed by atoms with Gasteiger partial charge in [0.2, 0.25) is 0 Å². The third kappa shape index (κ3) is 5.48. The van der Waals surface area contributed by atoms with Crippen molar-refractivity contribution >= 4 is 0 Å². The lowest BCUT2D eigenvalue weighted by molar-refractivity contribution is -0.169. The van der Waals surface area contributed by atoms with Crippen LogP contribution in [0, 0.1) is 11.3 Å². The third-order valence-corrected chi connectivity index (χ3v) is 3.60. The summed E-state index contributed by atoms with van der Waals surface area (Å²) in [5.41, 5.74) is 1.77. The van der Waals surface area contributed by atoms with E-state index >= 15 is 0 Å². The molecule has 2 atom stereocenters. The topological polar surface area (TPSA) is 42.2 Å². The summed E-state index contributed by atoms with van der Waals surface area (Å²) < 4.78 is 11.4. The predicted octanol–water partition coefficient (Wildman–Crippen LogP) is 4.50. The van der Waals surface area contributed by atoms with Crippen LogP contribution in [0.15, 0.2) is 23.3 Å². The Balaban J connectivity index is 2.89. The molecule has 112 valence electrons. The number of nitrogens with zero attached hydrogens (tertiary/aromatic N) is 1. The van der Waals surface area contributed by atoms with E-state index in [1.807, 2.05) is 19.9 Å². The maximum atomic E-state index is 9.63. The largest absolute Gasteiger partial charge is 0.353 e. The van der Waals surface area contributed by atoms with Crippen molar-refractivity contribution in [2.75, 3.05) is 6.61 Å². The van der Waals surface area contributed by atoms with Crippen molar-refractivity contribution < 1.29 is 9.47 Å². The summed E-state index contributed by atoms with van der Waals surface area (Å²) in [6.07, 6.45) is 8.66. The second-order valence-corrected chi connectivity index (χ2v) is 5.58.